The van der Waals surface area contributed by atoms with E-state index in [1.165, 1.54) is 31.4 Å². The number of amides is 1. The zero-order valence-corrected chi connectivity index (χ0v) is 15.3. The minimum Gasteiger partial charge on any atom is -0.507 e. The number of hydrogen-bond acceptors (Lipinski definition) is 4. The number of carbonyl (C=O) groups excluding carboxylic acids is 2. The highest BCUT2D eigenvalue weighted by molar-refractivity contribution is 6.34. The Labute approximate surface area is 151 Å². The lowest BCUT2D eigenvalue weighted by molar-refractivity contribution is 0.0600. The molecule has 0 unspecified atom stereocenters. The minimum absolute atomic E-state index is 0.118. The number of hydrogen-bond donors (Lipinski definition) is 2. The SMILES string of the molecule is COC(=O)c1ccc(NC(=O)c2cc(C(C)(C)C)ccc2O)c(Cl)c1. The molecule has 0 aliphatic carbocycles. The number of rotatable bonds is 3. The molecule has 0 fully saturated rings. The third-order valence-corrected chi connectivity index (χ3v) is 4.06. The zero-order valence-electron chi connectivity index (χ0n) is 14.5. The summed E-state index contributed by atoms with van der Waals surface area (Å²) in [5.74, 6) is -1.13. The maximum Gasteiger partial charge on any atom is 0.337 e. The maximum atomic E-state index is 12.5. The Kier molecular flexibility index (Phi) is 5.38. The van der Waals surface area contributed by atoms with Gasteiger partial charge in [-0.2, -0.15) is 0 Å². The van der Waals surface area contributed by atoms with Crippen LogP contribution in [0.5, 0.6) is 5.75 Å². The highest BCUT2D eigenvalue weighted by Crippen LogP contribution is 2.29. The first-order chi connectivity index (χ1) is 11.6. The van der Waals surface area contributed by atoms with Gasteiger partial charge in [-0.05, 0) is 41.3 Å². The van der Waals surface area contributed by atoms with E-state index in [-0.39, 0.29) is 27.3 Å². The summed E-state index contributed by atoms with van der Waals surface area (Å²) in [6.07, 6.45) is 0. The molecule has 2 rings (SSSR count). The Bertz CT molecular complexity index is 825. The van der Waals surface area contributed by atoms with Crippen molar-refractivity contribution in [3.8, 4) is 5.75 Å². The monoisotopic (exact) mass is 361 g/mol. The summed E-state index contributed by atoms with van der Waals surface area (Å²) in [4.78, 5) is 24.0. The van der Waals surface area contributed by atoms with Crippen LogP contribution in [0.25, 0.3) is 0 Å². The van der Waals surface area contributed by atoms with E-state index in [0.717, 1.165) is 5.56 Å². The second-order valence-electron chi connectivity index (χ2n) is 6.62. The molecule has 2 aromatic carbocycles. The molecule has 2 N–H and O–H groups in total. The number of aromatic hydroxyl groups is 1. The average molecular weight is 362 g/mol. The van der Waals surface area contributed by atoms with E-state index in [0.29, 0.717) is 5.69 Å². The van der Waals surface area contributed by atoms with Gasteiger partial charge in [-0.25, -0.2) is 4.79 Å². The molecule has 1 amide bonds. The number of nitrogens with one attached hydrogen (secondary N) is 1. The third-order valence-electron chi connectivity index (χ3n) is 3.75. The van der Waals surface area contributed by atoms with Gasteiger partial charge in [0.1, 0.15) is 5.75 Å². The first-order valence-electron chi connectivity index (χ1n) is 7.66. The summed E-state index contributed by atoms with van der Waals surface area (Å²) in [5.41, 5.74) is 1.52. The Morgan fingerprint density at radius 2 is 1.80 bits per heavy atom. The molecule has 0 aromatic heterocycles. The fraction of sp³-hybridized carbons (Fsp3) is 0.263. The Balaban J connectivity index is 2.30. The quantitative estimate of drug-likeness (QED) is 0.795. The standard InChI is InChI=1S/C19H20ClNO4/c1-19(2,3)12-6-8-16(22)13(10-12)17(23)21-15-7-5-11(9-14(15)20)18(24)25-4/h5-10,22H,1-4H3,(H,21,23). The predicted octanol–water partition coefficient (Wildman–Crippen LogP) is 4.38. The number of methoxy groups -OCH3 is 1. The van der Waals surface area contributed by atoms with Crippen molar-refractivity contribution in [3.63, 3.8) is 0 Å². The molecule has 2 aromatic rings. The van der Waals surface area contributed by atoms with Crippen LogP contribution < -0.4 is 5.32 Å². The van der Waals surface area contributed by atoms with Crippen molar-refractivity contribution in [3.05, 3.63) is 58.1 Å². The molecule has 0 saturated carbocycles. The molecular formula is C19H20ClNO4. The van der Waals surface area contributed by atoms with Crippen molar-refractivity contribution in [2.24, 2.45) is 0 Å². The minimum atomic E-state index is -0.518. The molecule has 5 nitrogen and oxygen atoms in total. The number of phenolic OH excluding ortho intramolecular Hbond substituents is 1. The second-order valence-corrected chi connectivity index (χ2v) is 7.03. The van der Waals surface area contributed by atoms with Crippen molar-refractivity contribution < 1.29 is 19.4 Å². The van der Waals surface area contributed by atoms with Crippen LogP contribution in [-0.4, -0.2) is 24.1 Å². The Hall–Kier alpha value is -2.53. The van der Waals surface area contributed by atoms with Gasteiger partial charge >= 0.3 is 5.97 Å². The molecule has 25 heavy (non-hydrogen) atoms. The number of esters is 1. The van der Waals surface area contributed by atoms with Gasteiger partial charge in [0, 0.05) is 0 Å². The van der Waals surface area contributed by atoms with Crippen LogP contribution in [0.3, 0.4) is 0 Å². The van der Waals surface area contributed by atoms with Crippen LogP contribution in [0, 0.1) is 0 Å². The van der Waals surface area contributed by atoms with Crippen molar-refractivity contribution in [1.29, 1.82) is 0 Å². The Morgan fingerprint density at radius 3 is 2.36 bits per heavy atom. The Morgan fingerprint density at radius 1 is 1.12 bits per heavy atom. The molecule has 0 saturated heterocycles. The van der Waals surface area contributed by atoms with Crippen molar-refractivity contribution in [2.45, 2.75) is 26.2 Å². The smallest absolute Gasteiger partial charge is 0.337 e. The first-order valence-corrected chi connectivity index (χ1v) is 8.04. The van der Waals surface area contributed by atoms with E-state index in [4.69, 9.17) is 11.6 Å². The summed E-state index contributed by atoms with van der Waals surface area (Å²) >= 11 is 6.12. The van der Waals surface area contributed by atoms with Gasteiger partial charge in [-0.1, -0.05) is 38.4 Å². The summed E-state index contributed by atoms with van der Waals surface area (Å²) in [6.45, 7) is 6.05. The van der Waals surface area contributed by atoms with Gasteiger partial charge in [0.15, 0.2) is 0 Å². The molecular weight excluding hydrogens is 342 g/mol. The number of carbonyl (C=O) groups is 2. The molecule has 0 bridgehead atoms. The van der Waals surface area contributed by atoms with Crippen LogP contribution in [0.4, 0.5) is 5.69 Å². The van der Waals surface area contributed by atoms with Crippen LogP contribution in [0.2, 0.25) is 5.02 Å². The summed E-state index contributed by atoms with van der Waals surface area (Å²) in [6, 6.07) is 9.35. The molecule has 132 valence electrons. The van der Waals surface area contributed by atoms with E-state index in [9.17, 15) is 14.7 Å². The molecule has 0 aliphatic heterocycles. The van der Waals surface area contributed by atoms with Crippen LogP contribution >= 0.6 is 11.6 Å². The summed E-state index contributed by atoms with van der Waals surface area (Å²) in [7, 11) is 1.27. The van der Waals surface area contributed by atoms with E-state index in [2.05, 4.69) is 10.1 Å². The molecule has 0 aliphatic rings. The molecule has 0 heterocycles. The lowest BCUT2D eigenvalue weighted by Crippen LogP contribution is -2.16. The second kappa shape index (κ2) is 7.15. The maximum absolute atomic E-state index is 12.5. The number of phenols is 1. The summed E-state index contributed by atoms with van der Waals surface area (Å²) in [5, 5.41) is 12.9. The number of benzene rings is 2. The van der Waals surface area contributed by atoms with Gasteiger partial charge in [-0.15, -0.1) is 0 Å². The first kappa shape index (κ1) is 18.8. The number of ether oxygens (including phenoxy) is 1. The van der Waals surface area contributed by atoms with Gasteiger partial charge in [-0.3, -0.25) is 4.79 Å². The van der Waals surface area contributed by atoms with E-state index >= 15 is 0 Å². The highest BCUT2D eigenvalue weighted by atomic mass is 35.5. The predicted molar refractivity (Wildman–Crippen MR) is 97.6 cm³/mol. The topological polar surface area (TPSA) is 75.6 Å². The van der Waals surface area contributed by atoms with Gasteiger partial charge in [0.05, 0.1) is 28.9 Å². The van der Waals surface area contributed by atoms with Crippen molar-refractivity contribution in [2.75, 3.05) is 12.4 Å². The highest BCUT2D eigenvalue weighted by Gasteiger charge is 2.19. The summed E-state index contributed by atoms with van der Waals surface area (Å²) < 4.78 is 4.62. The van der Waals surface area contributed by atoms with Gasteiger partial charge in [0.25, 0.3) is 5.91 Å². The van der Waals surface area contributed by atoms with Gasteiger partial charge in [0.2, 0.25) is 0 Å². The van der Waals surface area contributed by atoms with Crippen LogP contribution in [0.15, 0.2) is 36.4 Å². The fourth-order valence-electron chi connectivity index (χ4n) is 2.24. The molecule has 0 atom stereocenters. The lowest BCUT2D eigenvalue weighted by Gasteiger charge is -2.20. The molecule has 0 spiro atoms. The van der Waals surface area contributed by atoms with Crippen molar-refractivity contribution >= 4 is 29.2 Å². The zero-order chi connectivity index (χ0) is 18.8. The average Bonchev–Trinajstić information content (AvgIpc) is 2.55. The number of anilines is 1. The van der Waals surface area contributed by atoms with Crippen LogP contribution in [-0.2, 0) is 10.2 Å². The number of halogens is 1. The van der Waals surface area contributed by atoms with Crippen LogP contribution in [0.1, 0.15) is 47.1 Å². The largest absolute Gasteiger partial charge is 0.507 e. The lowest BCUT2D eigenvalue weighted by atomic mass is 9.86. The molecule has 0 radical (unpaired) electrons. The van der Waals surface area contributed by atoms with E-state index in [1.807, 2.05) is 20.8 Å². The van der Waals surface area contributed by atoms with Crippen molar-refractivity contribution in [1.82, 2.24) is 0 Å². The van der Waals surface area contributed by atoms with E-state index < -0.39 is 11.9 Å². The van der Waals surface area contributed by atoms with E-state index in [1.54, 1.807) is 12.1 Å². The normalized spacial score (nSPS) is 11.1. The fourth-order valence-corrected chi connectivity index (χ4v) is 2.46. The van der Waals surface area contributed by atoms with Gasteiger partial charge < -0.3 is 15.2 Å². The molecule has 6 heteroatoms. The third kappa shape index (κ3) is 4.31.